The van der Waals surface area contributed by atoms with Crippen LogP contribution < -0.4 is 5.32 Å². The van der Waals surface area contributed by atoms with E-state index in [0.717, 1.165) is 4.90 Å². The smallest absolute Gasteiger partial charge is 0.326 e. The Bertz CT molecular complexity index is 331. The highest BCUT2D eigenvalue weighted by molar-refractivity contribution is 5.83. The van der Waals surface area contributed by atoms with Gasteiger partial charge in [0.2, 0.25) is 0 Å². The lowest BCUT2D eigenvalue weighted by Crippen LogP contribution is -2.54. The molecule has 3 N–H and O–H groups in total. The maximum absolute atomic E-state index is 12.0. The third-order valence-corrected chi connectivity index (χ3v) is 2.78. The van der Waals surface area contributed by atoms with Gasteiger partial charge in [-0.3, -0.25) is 0 Å². The highest BCUT2D eigenvalue weighted by Crippen LogP contribution is 2.19. The Morgan fingerprint density at radius 3 is 2.61 bits per heavy atom. The summed E-state index contributed by atoms with van der Waals surface area (Å²) >= 11 is 0. The number of ether oxygens (including phenoxy) is 1. The molecular weight excluding hydrogens is 240 g/mol. The molecule has 104 valence electrons. The SMILES string of the molecule is COCC(C)(C)NC(=O)N1CC(O)C[C@H]1C(=O)O. The number of rotatable bonds is 4. The van der Waals surface area contributed by atoms with Crippen LogP contribution in [0.2, 0.25) is 0 Å². The molecule has 0 aromatic carbocycles. The molecule has 0 aromatic heterocycles. The number of methoxy groups -OCH3 is 1. The molecule has 2 atom stereocenters. The summed E-state index contributed by atoms with van der Waals surface area (Å²) in [5, 5.41) is 21.1. The van der Waals surface area contributed by atoms with Crippen LogP contribution in [0, 0.1) is 0 Å². The van der Waals surface area contributed by atoms with Crippen molar-refractivity contribution in [1.82, 2.24) is 10.2 Å². The Morgan fingerprint density at radius 2 is 2.11 bits per heavy atom. The van der Waals surface area contributed by atoms with Gasteiger partial charge in [-0.25, -0.2) is 9.59 Å². The Morgan fingerprint density at radius 1 is 1.50 bits per heavy atom. The molecule has 0 bridgehead atoms. The van der Waals surface area contributed by atoms with E-state index in [2.05, 4.69) is 5.32 Å². The van der Waals surface area contributed by atoms with Crippen molar-refractivity contribution in [1.29, 1.82) is 0 Å². The molecule has 0 radical (unpaired) electrons. The van der Waals surface area contributed by atoms with E-state index in [9.17, 15) is 14.7 Å². The number of β-amino-alcohol motifs (C(OH)–C–C–N with tert-alkyl or cyclic N) is 1. The number of hydrogen-bond donors (Lipinski definition) is 3. The lowest BCUT2D eigenvalue weighted by Gasteiger charge is -2.30. The minimum atomic E-state index is -1.11. The molecule has 1 saturated heterocycles. The summed E-state index contributed by atoms with van der Waals surface area (Å²) in [5.74, 6) is -1.11. The minimum absolute atomic E-state index is 0.0336. The van der Waals surface area contributed by atoms with E-state index in [1.807, 2.05) is 0 Å². The van der Waals surface area contributed by atoms with Gasteiger partial charge in [0.05, 0.1) is 18.2 Å². The van der Waals surface area contributed by atoms with Crippen LogP contribution in [0.1, 0.15) is 20.3 Å². The zero-order chi connectivity index (χ0) is 13.9. The van der Waals surface area contributed by atoms with E-state index in [4.69, 9.17) is 9.84 Å². The van der Waals surface area contributed by atoms with E-state index in [-0.39, 0.29) is 13.0 Å². The number of aliphatic hydroxyl groups excluding tert-OH is 1. The van der Waals surface area contributed by atoms with Gasteiger partial charge in [-0.15, -0.1) is 0 Å². The van der Waals surface area contributed by atoms with Crippen molar-refractivity contribution in [3.8, 4) is 0 Å². The number of nitrogens with one attached hydrogen (secondary N) is 1. The molecule has 1 rings (SSSR count). The van der Waals surface area contributed by atoms with E-state index in [1.165, 1.54) is 7.11 Å². The van der Waals surface area contributed by atoms with E-state index >= 15 is 0 Å². The fourth-order valence-corrected chi connectivity index (χ4v) is 2.03. The highest BCUT2D eigenvalue weighted by Gasteiger charge is 2.40. The fourth-order valence-electron chi connectivity index (χ4n) is 2.03. The van der Waals surface area contributed by atoms with Gasteiger partial charge in [0.15, 0.2) is 0 Å². The number of amides is 2. The van der Waals surface area contributed by atoms with Gasteiger partial charge in [0.1, 0.15) is 6.04 Å². The number of aliphatic carboxylic acids is 1. The third-order valence-electron chi connectivity index (χ3n) is 2.78. The molecule has 18 heavy (non-hydrogen) atoms. The summed E-state index contributed by atoms with van der Waals surface area (Å²) in [5.41, 5.74) is -0.595. The quantitative estimate of drug-likeness (QED) is 0.641. The van der Waals surface area contributed by atoms with Crippen LogP contribution in [0.3, 0.4) is 0 Å². The van der Waals surface area contributed by atoms with Gasteiger partial charge >= 0.3 is 12.0 Å². The van der Waals surface area contributed by atoms with Crippen molar-refractivity contribution >= 4 is 12.0 Å². The number of carboxylic acids is 1. The van der Waals surface area contributed by atoms with Crippen LogP contribution in [0.4, 0.5) is 4.79 Å². The maximum Gasteiger partial charge on any atom is 0.326 e. The molecule has 0 aromatic rings. The molecule has 1 aliphatic heterocycles. The predicted molar refractivity (Wildman–Crippen MR) is 63.2 cm³/mol. The van der Waals surface area contributed by atoms with E-state index in [0.29, 0.717) is 6.61 Å². The van der Waals surface area contributed by atoms with Gasteiger partial charge in [0.25, 0.3) is 0 Å². The van der Waals surface area contributed by atoms with Gasteiger partial charge < -0.3 is 25.2 Å². The molecule has 7 nitrogen and oxygen atoms in total. The summed E-state index contributed by atoms with van der Waals surface area (Å²) in [6, 6.07) is -1.47. The number of carboxylic acid groups (broad SMARTS) is 1. The summed E-state index contributed by atoms with van der Waals surface area (Å²) in [7, 11) is 1.52. The number of carbonyl (C=O) groups excluding carboxylic acids is 1. The molecule has 7 heteroatoms. The lowest BCUT2D eigenvalue weighted by atomic mass is 10.1. The predicted octanol–water partition coefficient (Wildman–Crippen LogP) is -0.359. The van der Waals surface area contributed by atoms with Crippen LogP contribution in [0.5, 0.6) is 0 Å². The van der Waals surface area contributed by atoms with Crippen molar-refractivity contribution in [2.45, 2.75) is 38.0 Å². The molecule has 1 fully saturated rings. The molecular formula is C11H20N2O5. The normalized spacial score (nSPS) is 24.1. The second-order valence-electron chi connectivity index (χ2n) is 5.14. The molecule has 1 unspecified atom stereocenters. The highest BCUT2D eigenvalue weighted by atomic mass is 16.5. The molecule has 1 aliphatic rings. The van der Waals surface area contributed by atoms with Crippen LogP contribution in [0.25, 0.3) is 0 Å². The summed E-state index contributed by atoms with van der Waals surface area (Å²) < 4.78 is 4.97. The Labute approximate surface area is 106 Å². The number of carbonyl (C=O) groups is 2. The number of nitrogens with zero attached hydrogens (tertiary/aromatic N) is 1. The van der Waals surface area contributed by atoms with Crippen molar-refractivity contribution in [3.05, 3.63) is 0 Å². The van der Waals surface area contributed by atoms with Gasteiger partial charge in [-0.1, -0.05) is 0 Å². The second kappa shape index (κ2) is 5.53. The number of aliphatic hydroxyl groups is 1. The van der Waals surface area contributed by atoms with E-state index in [1.54, 1.807) is 13.8 Å². The van der Waals surface area contributed by atoms with Crippen molar-refractivity contribution < 1.29 is 24.5 Å². The number of hydrogen-bond acceptors (Lipinski definition) is 4. The second-order valence-corrected chi connectivity index (χ2v) is 5.14. The third kappa shape index (κ3) is 3.58. The topological polar surface area (TPSA) is 99.1 Å². The van der Waals surface area contributed by atoms with Crippen LogP contribution in [0.15, 0.2) is 0 Å². The summed E-state index contributed by atoms with van der Waals surface area (Å²) in [4.78, 5) is 24.1. The van der Waals surface area contributed by atoms with Crippen molar-refractivity contribution in [3.63, 3.8) is 0 Å². The van der Waals surface area contributed by atoms with Crippen molar-refractivity contribution in [2.75, 3.05) is 20.3 Å². The zero-order valence-corrected chi connectivity index (χ0v) is 10.8. The van der Waals surface area contributed by atoms with E-state index < -0.39 is 29.7 Å². The average molecular weight is 260 g/mol. The molecule has 0 aliphatic carbocycles. The van der Waals surface area contributed by atoms with Crippen LogP contribution >= 0.6 is 0 Å². The average Bonchev–Trinajstić information content (AvgIpc) is 2.59. The molecule has 1 heterocycles. The Balaban J connectivity index is 2.68. The Kier molecular flexibility index (Phi) is 4.53. The summed E-state index contributed by atoms with van der Waals surface area (Å²) in [6.07, 6.45) is -0.727. The van der Waals surface area contributed by atoms with Gasteiger partial charge in [0, 0.05) is 20.1 Å². The van der Waals surface area contributed by atoms with Gasteiger partial charge in [-0.05, 0) is 13.8 Å². The standard InChI is InChI=1S/C11H20N2O5/c1-11(2,6-18-3)12-10(17)13-5-7(14)4-8(13)9(15)16/h7-8,14H,4-6H2,1-3H3,(H,12,17)(H,15,16)/t7?,8-/m0/s1. The van der Waals surface area contributed by atoms with Crippen molar-refractivity contribution in [2.24, 2.45) is 0 Å². The van der Waals surface area contributed by atoms with Crippen LogP contribution in [-0.4, -0.2) is 65.1 Å². The molecule has 2 amide bonds. The first-order chi connectivity index (χ1) is 8.26. The first kappa shape index (κ1) is 14.7. The molecule has 0 spiro atoms. The monoisotopic (exact) mass is 260 g/mol. The van der Waals surface area contributed by atoms with Gasteiger partial charge in [-0.2, -0.15) is 0 Å². The largest absolute Gasteiger partial charge is 0.480 e. The minimum Gasteiger partial charge on any atom is -0.480 e. The lowest BCUT2D eigenvalue weighted by molar-refractivity contribution is -0.141. The first-order valence-electron chi connectivity index (χ1n) is 5.75. The number of likely N-dealkylation sites (tertiary alicyclic amines) is 1. The molecule has 0 saturated carbocycles. The fraction of sp³-hybridized carbons (Fsp3) is 0.818. The number of urea groups is 1. The summed E-state index contributed by atoms with van der Waals surface area (Å²) in [6.45, 7) is 3.89. The van der Waals surface area contributed by atoms with Crippen LogP contribution in [-0.2, 0) is 9.53 Å². The maximum atomic E-state index is 12.0. The first-order valence-corrected chi connectivity index (χ1v) is 5.75. The zero-order valence-electron chi connectivity index (χ0n) is 10.8. The Hall–Kier alpha value is -1.34.